The molecule has 2 N–H and O–H groups in total. The second kappa shape index (κ2) is 5.37. The van der Waals surface area contributed by atoms with E-state index < -0.39 is 0 Å². The molecule has 0 aliphatic carbocycles. The summed E-state index contributed by atoms with van der Waals surface area (Å²) in [5.41, 5.74) is 3.93. The molecule has 0 saturated carbocycles. The third-order valence-corrected chi connectivity index (χ3v) is 4.44. The predicted octanol–water partition coefficient (Wildman–Crippen LogP) is 3.14. The van der Waals surface area contributed by atoms with Gasteiger partial charge in [0.25, 0.3) is 5.91 Å². The van der Waals surface area contributed by atoms with Gasteiger partial charge in [0.15, 0.2) is 0 Å². The number of carbonyl (C=O) groups is 1. The molecule has 0 aromatic heterocycles. The van der Waals surface area contributed by atoms with E-state index in [2.05, 4.69) is 39.8 Å². The van der Waals surface area contributed by atoms with E-state index in [1.807, 2.05) is 24.3 Å². The van der Waals surface area contributed by atoms with Gasteiger partial charge in [-0.2, -0.15) is 0 Å². The molecule has 22 heavy (non-hydrogen) atoms. The number of carbonyl (C=O) groups excluding carboxylic acids is 1. The fraction of sp³-hybridized carbons (Fsp3) is 0.278. The molecule has 0 spiro atoms. The number of para-hydroxylation sites is 1. The Morgan fingerprint density at radius 3 is 2.41 bits per heavy atom. The Morgan fingerprint density at radius 1 is 0.909 bits per heavy atom. The highest BCUT2D eigenvalue weighted by molar-refractivity contribution is 6.01. The Balaban J connectivity index is 1.56. The lowest BCUT2D eigenvalue weighted by Gasteiger charge is -2.28. The average molecular weight is 293 g/mol. The van der Waals surface area contributed by atoms with Gasteiger partial charge in [-0.1, -0.05) is 24.3 Å². The van der Waals surface area contributed by atoms with Gasteiger partial charge in [0, 0.05) is 24.5 Å². The van der Waals surface area contributed by atoms with Crippen molar-refractivity contribution in [3.8, 4) is 0 Å². The van der Waals surface area contributed by atoms with Crippen molar-refractivity contribution in [3.05, 3.63) is 59.7 Å². The molecule has 1 fully saturated rings. The molecular formula is C18H19N3O. The van der Waals surface area contributed by atoms with Crippen LogP contribution >= 0.6 is 0 Å². The van der Waals surface area contributed by atoms with Gasteiger partial charge >= 0.3 is 0 Å². The van der Waals surface area contributed by atoms with Gasteiger partial charge in [-0.3, -0.25) is 4.79 Å². The zero-order valence-electron chi connectivity index (χ0n) is 12.4. The summed E-state index contributed by atoms with van der Waals surface area (Å²) >= 11 is 0. The van der Waals surface area contributed by atoms with Crippen molar-refractivity contribution in [2.75, 3.05) is 23.3 Å². The van der Waals surface area contributed by atoms with Crippen LogP contribution in [0.3, 0.4) is 0 Å². The van der Waals surface area contributed by atoms with Crippen LogP contribution in [0.1, 0.15) is 34.9 Å². The van der Waals surface area contributed by atoms with E-state index in [-0.39, 0.29) is 12.1 Å². The summed E-state index contributed by atoms with van der Waals surface area (Å²) < 4.78 is 0. The van der Waals surface area contributed by atoms with Crippen LogP contribution in [0.2, 0.25) is 0 Å². The Kier molecular flexibility index (Phi) is 3.22. The number of nitrogens with zero attached hydrogens (tertiary/aromatic N) is 1. The molecular weight excluding hydrogens is 274 g/mol. The van der Waals surface area contributed by atoms with Crippen molar-refractivity contribution in [2.24, 2.45) is 0 Å². The summed E-state index contributed by atoms with van der Waals surface area (Å²) in [6.45, 7) is 2.29. The van der Waals surface area contributed by atoms with Crippen LogP contribution in [0.5, 0.6) is 0 Å². The predicted molar refractivity (Wildman–Crippen MR) is 88.2 cm³/mol. The number of hydrogen-bond acceptors (Lipinski definition) is 3. The van der Waals surface area contributed by atoms with Crippen LogP contribution in [0.4, 0.5) is 11.4 Å². The Bertz CT molecular complexity index is 690. The van der Waals surface area contributed by atoms with E-state index in [1.165, 1.54) is 18.5 Å². The molecule has 0 unspecified atom stereocenters. The average Bonchev–Trinajstić information content (AvgIpc) is 3.09. The Morgan fingerprint density at radius 2 is 1.64 bits per heavy atom. The van der Waals surface area contributed by atoms with Crippen LogP contribution in [0, 0.1) is 0 Å². The van der Waals surface area contributed by atoms with Gasteiger partial charge in [-0.25, -0.2) is 0 Å². The lowest BCUT2D eigenvalue weighted by atomic mass is 10.1. The first-order chi connectivity index (χ1) is 10.8. The van der Waals surface area contributed by atoms with Crippen molar-refractivity contribution in [1.82, 2.24) is 5.32 Å². The molecule has 0 bridgehead atoms. The molecule has 112 valence electrons. The third kappa shape index (κ3) is 2.30. The van der Waals surface area contributed by atoms with Crippen LogP contribution in [-0.2, 0) is 0 Å². The molecule has 2 aliphatic heterocycles. The Labute approximate surface area is 130 Å². The van der Waals surface area contributed by atoms with E-state index in [0.29, 0.717) is 5.56 Å². The van der Waals surface area contributed by atoms with Gasteiger partial charge < -0.3 is 15.5 Å². The van der Waals surface area contributed by atoms with Gasteiger partial charge in [0.05, 0.1) is 5.56 Å². The molecule has 2 aromatic rings. The number of rotatable bonds is 2. The molecule has 4 nitrogen and oxygen atoms in total. The number of amides is 1. The summed E-state index contributed by atoms with van der Waals surface area (Å²) in [5.74, 6) is -0.0250. The maximum absolute atomic E-state index is 12.2. The second-order valence-electron chi connectivity index (χ2n) is 5.88. The molecule has 1 saturated heterocycles. The monoisotopic (exact) mass is 293 g/mol. The van der Waals surface area contributed by atoms with E-state index >= 15 is 0 Å². The molecule has 4 heteroatoms. The van der Waals surface area contributed by atoms with Gasteiger partial charge in [0.1, 0.15) is 6.17 Å². The van der Waals surface area contributed by atoms with E-state index in [0.717, 1.165) is 24.3 Å². The highest BCUT2D eigenvalue weighted by Gasteiger charge is 2.24. The molecule has 4 rings (SSSR count). The first-order valence-corrected chi connectivity index (χ1v) is 7.82. The van der Waals surface area contributed by atoms with Gasteiger partial charge in [-0.15, -0.1) is 0 Å². The van der Waals surface area contributed by atoms with Gasteiger partial charge in [0.2, 0.25) is 0 Å². The van der Waals surface area contributed by atoms with Crippen molar-refractivity contribution in [2.45, 2.75) is 19.0 Å². The van der Waals surface area contributed by atoms with Crippen LogP contribution in [0.15, 0.2) is 48.5 Å². The summed E-state index contributed by atoms with van der Waals surface area (Å²) in [6.07, 6.45) is 2.38. The normalized spacial score (nSPS) is 20.3. The number of benzene rings is 2. The minimum Gasteiger partial charge on any atom is -0.372 e. The number of nitrogens with one attached hydrogen (secondary N) is 2. The molecule has 1 atom stereocenters. The molecule has 2 heterocycles. The summed E-state index contributed by atoms with van der Waals surface area (Å²) in [4.78, 5) is 14.6. The summed E-state index contributed by atoms with van der Waals surface area (Å²) in [5, 5.41) is 6.40. The number of fused-ring (bicyclic) bond motifs is 1. The molecule has 2 aliphatic rings. The minimum atomic E-state index is -0.171. The lowest BCUT2D eigenvalue weighted by Crippen LogP contribution is -2.38. The fourth-order valence-corrected chi connectivity index (χ4v) is 3.23. The number of hydrogen-bond donors (Lipinski definition) is 2. The topological polar surface area (TPSA) is 44.4 Å². The smallest absolute Gasteiger partial charge is 0.255 e. The standard InChI is InChI=1S/C18H19N3O/c22-18-15-5-1-2-6-16(15)19-17(20-18)13-7-9-14(10-8-13)21-11-3-4-12-21/h1-2,5-10,17,19H,3-4,11-12H2,(H,20,22)/t17-/m1/s1. The maximum Gasteiger partial charge on any atom is 0.255 e. The molecule has 0 radical (unpaired) electrons. The summed E-state index contributed by atoms with van der Waals surface area (Å²) in [6, 6.07) is 16.1. The largest absolute Gasteiger partial charge is 0.372 e. The first kappa shape index (κ1) is 13.2. The minimum absolute atomic E-state index is 0.0250. The molecule has 1 amide bonds. The zero-order chi connectivity index (χ0) is 14.9. The van der Waals surface area contributed by atoms with E-state index in [9.17, 15) is 4.79 Å². The molecule has 2 aromatic carbocycles. The van der Waals surface area contributed by atoms with Crippen molar-refractivity contribution in [1.29, 1.82) is 0 Å². The maximum atomic E-state index is 12.2. The number of anilines is 2. The van der Waals surface area contributed by atoms with Crippen LogP contribution in [-0.4, -0.2) is 19.0 Å². The van der Waals surface area contributed by atoms with Crippen molar-refractivity contribution in [3.63, 3.8) is 0 Å². The van der Waals surface area contributed by atoms with Crippen molar-refractivity contribution < 1.29 is 4.79 Å². The SMILES string of the molecule is O=C1N[C@H](c2ccc(N3CCCC3)cc2)Nc2ccccc21. The third-order valence-electron chi connectivity index (χ3n) is 4.44. The van der Waals surface area contributed by atoms with E-state index in [4.69, 9.17) is 0 Å². The summed E-state index contributed by atoms with van der Waals surface area (Å²) in [7, 11) is 0. The van der Waals surface area contributed by atoms with E-state index in [1.54, 1.807) is 0 Å². The first-order valence-electron chi connectivity index (χ1n) is 7.82. The Hall–Kier alpha value is -2.49. The quantitative estimate of drug-likeness (QED) is 0.894. The lowest BCUT2D eigenvalue weighted by molar-refractivity contribution is 0.0935. The van der Waals surface area contributed by atoms with Crippen molar-refractivity contribution >= 4 is 17.3 Å². The fourth-order valence-electron chi connectivity index (χ4n) is 3.23. The second-order valence-corrected chi connectivity index (χ2v) is 5.88. The highest BCUT2D eigenvalue weighted by Crippen LogP contribution is 2.28. The van der Waals surface area contributed by atoms with Crippen LogP contribution in [0.25, 0.3) is 0 Å². The van der Waals surface area contributed by atoms with Gasteiger partial charge in [-0.05, 0) is 42.7 Å². The zero-order valence-corrected chi connectivity index (χ0v) is 12.4. The highest BCUT2D eigenvalue weighted by atomic mass is 16.2. The van der Waals surface area contributed by atoms with Crippen LogP contribution < -0.4 is 15.5 Å².